The van der Waals surface area contributed by atoms with Crippen molar-refractivity contribution in [3.8, 4) is 12.3 Å². The number of nitrogens with one attached hydrogen (secondary N) is 2. The molecule has 13 heavy (non-hydrogen) atoms. The number of aromatic nitrogens is 2. The van der Waals surface area contributed by atoms with E-state index in [1.807, 2.05) is 0 Å². The SMILES string of the molecule is C#CC(C)NC(=O)c1cn[nH]c1C. The van der Waals surface area contributed by atoms with E-state index < -0.39 is 0 Å². The molecule has 2 N–H and O–H groups in total. The molecule has 1 heterocycles. The molecule has 0 aromatic carbocycles. The Morgan fingerprint density at radius 1 is 1.85 bits per heavy atom. The van der Waals surface area contributed by atoms with Crippen LogP contribution in [0.15, 0.2) is 6.20 Å². The third-order valence-electron chi connectivity index (χ3n) is 1.67. The highest BCUT2D eigenvalue weighted by atomic mass is 16.1. The van der Waals surface area contributed by atoms with Crippen LogP contribution < -0.4 is 5.32 Å². The second-order valence-corrected chi connectivity index (χ2v) is 2.77. The van der Waals surface area contributed by atoms with Gasteiger partial charge in [-0.05, 0) is 13.8 Å². The molecule has 1 atom stereocenters. The highest BCUT2D eigenvalue weighted by Crippen LogP contribution is 2.01. The number of amides is 1. The zero-order chi connectivity index (χ0) is 9.84. The van der Waals surface area contributed by atoms with Gasteiger partial charge in [-0.1, -0.05) is 5.92 Å². The predicted octanol–water partition coefficient (Wildman–Crippen LogP) is 0.470. The van der Waals surface area contributed by atoms with Crippen molar-refractivity contribution in [1.82, 2.24) is 15.5 Å². The van der Waals surface area contributed by atoms with Gasteiger partial charge in [-0.25, -0.2) is 0 Å². The second-order valence-electron chi connectivity index (χ2n) is 2.77. The molecule has 0 saturated heterocycles. The fraction of sp³-hybridized carbons (Fsp3) is 0.333. The van der Waals surface area contributed by atoms with Gasteiger partial charge in [0.25, 0.3) is 5.91 Å². The zero-order valence-corrected chi connectivity index (χ0v) is 7.59. The van der Waals surface area contributed by atoms with Crippen molar-refractivity contribution in [2.24, 2.45) is 0 Å². The topological polar surface area (TPSA) is 57.8 Å². The molecule has 0 saturated carbocycles. The first-order chi connectivity index (χ1) is 6.15. The molecular formula is C9H11N3O. The number of carbonyl (C=O) groups is 1. The molecule has 0 aliphatic carbocycles. The first kappa shape index (κ1) is 9.33. The van der Waals surface area contributed by atoms with Crippen LogP contribution in [0.5, 0.6) is 0 Å². The molecule has 1 aromatic heterocycles. The average Bonchev–Trinajstić information content (AvgIpc) is 2.51. The number of carbonyl (C=O) groups excluding carboxylic acids is 1. The molecule has 1 rings (SSSR count). The van der Waals surface area contributed by atoms with Crippen molar-refractivity contribution in [2.45, 2.75) is 19.9 Å². The minimum Gasteiger partial charge on any atom is -0.339 e. The summed E-state index contributed by atoms with van der Waals surface area (Å²) in [5, 5.41) is 9.05. The van der Waals surface area contributed by atoms with E-state index >= 15 is 0 Å². The van der Waals surface area contributed by atoms with Crippen LogP contribution in [0, 0.1) is 19.3 Å². The number of H-pyrrole nitrogens is 1. The number of hydrogen-bond donors (Lipinski definition) is 2. The number of aromatic amines is 1. The molecule has 0 spiro atoms. The van der Waals surface area contributed by atoms with Gasteiger partial charge in [0, 0.05) is 5.69 Å². The number of nitrogens with zero attached hydrogens (tertiary/aromatic N) is 1. The van der Waals surface area contributed by atoms with E-state index in [9.17, 15) is 4.79 Å². The summed E-state index contributed by atoms with van der Waals surface area (Å²) >= 11 is 0. The van der Waals surface area contributed by atoms with Gasteiger partial charge in [0.05, 0.1) is 17.8 Å². The first-order valence-electron chi connectivity index (χ1n) is 3.92. The molecule has 0 fully saturated rings. The standard InChI is InChI=1S/C9H11N3O/c1-4-6(2)11-9(13)8-5-10-12-7(8)3/h1,5-6H,2-3H3,(H,10,12)(H,11,13). The van der Waals surface area contributed by atoms with Crippen molar-refractivity contribution in [1.29, 1.82) is 0 Å². The quantitative estimate of drug-likeness (QED) is 0.645. The lowest BCUT2D eigenvalue weighted by Crippen LogP contribution is -2.31. The predicted molar refractivity (Wildman–Crippen MR) is 49.1 cm³/mol. The Hall–Kier alpha value is -1.76. The Morgan fingerprint density at radius 2 is 2.54 bits per heavy atom. The molecule has 68 valence electrons. The van der Waals surface area contributed by atoms with Crippen LogP contribution in [-0.2, 0) is 0 Å². The van der Waals surface area contributed by atoms with E-state index in [2.05, 4.69) is 21.4 Å². The van der Waals surface area contributed by atoms with Crippen LogP contribution in [-0.4, -0.2) is 22.1 Å². The van der Waals surface area contributed by atoms with E-state index in [1.165, 1.54) is 6.20 Å². The van der Waals surface area contributed by atoms with Gasteiger partial charge in [-0.3, -0.25) is 9.89 Å². The Bertz CT molecular complexity index is 348. The Morgan fingerprint density at radius 3 is 3.00 bits per heavy atom. The van der Waals surface area contributed by atoms with Gasteiger partial charge >= 0.3 is 0 Å². The molecule has 0 radical (unpaired) electrons. The average molecular weight is 177 g/mol. The smallest absolute Gasteiger partial charge is 0.255 e. The van der Waals surface area contributed by atoms with Crippen LogP contribution in [0.3, 0.4) is 0 Å². The van der Waals surface area contributed by atoms with Crippen molar-refractivity contribution < 1.29 is 4.79 Å². The van der Waals surface area contributed by atoms with E-state index in [4.69, 9.17) is 6.42 Å². The lowest BCUT2D eigenvalue weighted by atomic mass is 10.2. The van der Waals surface area contributed by atoms with Crippen molar-refractivity contribution in [2.75, 3.05) is 0 Å². The molecule has 0 bridgehead atoms. The Balaban J connectivity index is 2.71. The first-order valence-corrected chi connectivity index (χ1v) is 3.92. The fourth-order valence-corrected chi connectivity index (χ4v) is 0.896. The van der Waals surface area contributed by atoms with E-state index in [-0.39, 0.29) is 11.9 Å². The van der Waals surface area contributed by atoms with Gasteiger partial charge in [0.15, 0.2) is 0 Å². The highest BCUT2D eigenvalue weighted by molar-refractivity contribution is 5.95. The third kappa shape index (κ3) is 2.09. The van der Waals surface area contributed by atoms with Gasteiger partial charge in [-0.2, -0.15) is 5.10 Å². The fourth-order valence-electron chi connectivity index (χ4n) is 0.896. The lowest BCUT2D eigenvalue weighted by Gasteiger charge is -2.05. The Labute approximate surface area is 76.7 Å². The molecular weight excluding hydrogens is 166 g/mol. The normalized spacial score (nSPS) is 11.8. The summed E-state index contributed by atoms with van der Waals surface area (Å²) in [7, 11) is 0. The molecule has 4 nitrogen and oxygen atoms in total. The zero-order valence-electron chi connectivity index (χ0n) is 7.59. The van der Waals surface area contributed by atoms with Crippen LogP contribution >= 0.6 is 0 Å². The van der Waals surface area contributed by atoms with Crippen LogP contribution in [0.4, 0.5) is 0 Å². The third-order valence-corrected chi connectivity index (χ3v) is 1.67. The summed E-state index contributed by atoms with van der Waals surface area (Å²) in [6.45, 7) is 3.52. The number of rotatable bonds is 2. The summed E-state index contributed by atoms with van der Waals surface area (Å²) in [4.78, 5) is 11.4. The summed E-state index contributed by atoms with van der Waals surface area (Å²) in [5.74, 6) is 2.22. The van der Waals surface area contributed by atoms with Crippen molar-refractivity contribution >= 4 is 5.91 Å². The summed E-state index contributed by atoms with van der Waals surface area (Å²) in [6.07, 6.45) is 6.60. The molecule has 1 unspecified atom stereocenters. The number of terminal acetylenes is 1. The van der Waals surface area contributed by atoms with Gasteiger partial charge in [0.1, 0.15) is 0 Å². The maximum absolute atomic E-state index is 11.4. The molecule has 0 aliphatic heterocycles. The maximum atomic E-state index is 11.4. The maximum Gasteiger partial charge on any atom is 0.255 e. The van der Waals surface area contributed by atoms with Crippen LogP contribution in [0.25, 0.3) is 0 Å². The Kier molecular flexibility index (Phi) is 2.70. The molecule has 4 heteroatoms. The number of aryl methyl sites for hydroxylation is 1. The monoisotopic (exact) mass is 177 g/mol. The summed E-state index contributed by atoms with van der Waals surface area (Å²) < 4.78 is 0. The highest BCUT2D eigenvalue weighted by Gasteiger charge is 2.11. The largest absolute Gasteiger partial charge is 0.339 e. The molecule has 0 aliphatic rings. The minimum atomic E-state index is -0.262. The molecule has 1 aromatic rings. The summed E-state index contributed by atoms with van der Waals surface area (Å²) in [5.41, 5.74) is 1.27. The van der Waals surface area contributed by atoms with Gasteiger partial charge in [0.2, 0.25) is 0 Å². The van der Waals surface area contributed by atoms with Crippen molar-refractivity contribution in [3.63, 3.8) is 0 Å². The minimum absolute atomic E-state index is 0.197. The van der Waals surface area contributed by atoms with Crippen LogP contribution in [0.1, 0.15) is 23.0 Å². The van der Waals surface area contributed by atoms with Crippen LogP contribution in [0.2, 0.25) is 0 Å². The summed E-state index contributed by atoms with van der Waals surface area (Å²) in [6, 6.07) is -0.262. The van der Waals surface area contributed by atoms with Gasteiger partial charge in [-0.15, -0.1) is 6.42 Å². The molecule has 1 amide bonds. The van der Waals surface area contributed by atoms with E-state index in [1.54, 1.807) is 13.8 Å². The number of hydrogen-bond acceptors (Lipinski definition) is 2. The van der Waals surface area contributed by atoms with E-state index in [0.717, 1.165) is 5.69 Å². The van der Waals surface area contributed by atoms with Gasteiger partial charge < -0.3 is 5.32 Å². The van der Waals surface area contributed by atoms with E-state index in [0.29, 0.717) is 5.56 Å². The lowest BCUT2D eigenvalue weighted by molar-refractivity contribution is 0.0947. The van der Waals surface area contributed by atoms with Crippen molar-refractivity contribution in [3.05, 3.63) is 17.5 Å². The second kappa shape index (κ2) is 3.76.